The molecular formula is C29H35NO3S. The molecule has 2 fully saturated rings. The summed E-state index contributed by atoms with van der Waals surface area (Å²) in [6.07, 6.45) is 11.6. The van der Waals surface area contributed by atoms with Gasteiger partial charge in [0.1, 0.15) is 0 Å². The van der Waals surface area contributed by atoms with Crippen LogP contribution in [0.5, 0.6) is 0 Å². The van der Waals surface area contributed by atoms with E-state index in [9.17, 15) is 8.42 Å². The van der Waals surface area contributed by atoms with Crippen molar-refractivity contribution in [2.24, 2.45) is 28.6 Å². The minimum atomic E-state index is -3.82. The van der Waals surface area contributed by atoms with Gasteiger partial charge in [0, 0.05) is 6.42 Å². The maximum absolute atomic E-state index is 13.6. The number of hydrogen-bond acceptors (Lipinski definition) is 3. The van der Waals surface area contributed by atoms with Crippen LogP contribution < -0.4 is 0 Å². The summed E-state index contributed by atoms with van der Waals surface area (Å²) >= 11 is 0. The topological polar surface area (TPSA) is 47.7 Å². The maximum atomic E-state index is 13.6. The summed E-state index contributed by atoms with van der Waals surface area (Å²) in [6, 6.07) is 6.90. The molecule has 4 aliphatic rings. The Balaban J connectivity index is 1.53. The first-order valence-electron chi connectivity index (χ1n) is 12.5. The molecule has 0 amide bonds. The van der Waals surface area contributed by atoms with Crippen LogP contribution in [-0.4, -0.2) is 15.5 Å². The van der Waals surface area contributed by atoms with E-state index < -0.39 is 9.84 Å². The van der Waals surface area contributed by atoms with Crippen molar-refractivity contribution in [3.05, 3.63) is 75.3 Å². The number of ether oxygens (including phenoxy) is 1. The van der Waals surface area contributed by atoms with Crippen molar-refractivity contribution in [1.29, 1.82) is 0 Å². The highest BCUT2D eigenvalue weighted by molar-refractivity contribution is 7.95. The van der Waals surface area contributed by atoms with Gasteiger partial charge in [0.2, 0.25) is 9.84 Å². The number of allylic oxidation sites excluding steroid dienone is 5. The van der Waals surface area contributed by atoms with Crippen LogP contribution in [-0.2, 0) is 14.6 Å². The molecule has 0 unspecified atom stereocenters. The van der Waals surface area contributed by atoms with Crippen LogP contribution in [0.25, 0.3) is 4.85 Å². The fraction of sp³-hybridized carbons (Fsp3) is 0.552. The Morgan fingerprint density at radius 3 is 2.44 bits per heavy atom. The average Bonchev–Trinajstić information content (AvgIpc) is 3.16. The zero-order valence-corrected chi connectivity index (χ0v) is 21.5. The Hall–Kier alpha value is -2.32. The first-order chi connectivity index (χ1) is 16.1. The van der Waals surface area contributed by atoms with E-state index in [0.29, 0.717) is 24.2 Å². The van der Waals surface area contributed by atoms with E-state index in [2.05, 4.69) is 30.8 Å². The van der Waals surface area contributed by atoms with Crippen LogP contribution >= 0.6 is 0 Å². The average molecular weight is 478 g/mol. The molecule has 4 aliphatic carbocycles. The molecule has 4 nitrogen and oxygen atoms in total. The molecule has 2 saturated carbocycles. The number of hydrogen-bond donors (Lipinski definition) is 0. The van der Waals surface area contributed by atoms with E-state index in [1.165, 1.54) is 5.57 Å². The summed E-state index contributed by atoms with van der Waals surface area (Å²) in [5, 5.41) is -0.0107. The Morgan fingerprint density at radius 1 is 1.06 bits per heavy atom. The summed E-state index contributed by atoms with van der Waals surface area (Å²) in [5.41, 5.74) is 3.27. The number of rotatable bonds is 3. The SMILES string of the molecule is [C-]#[N+]/C(=C1/CC[C@H]2[C@@H]3CC=C4C=C(OC)CC[C@]4(C)[C@H]3CC[C@]12C)S(=O)(=O)c1ccc(C)cc1. The fourth-order valence-corrected chi connectivity index (χ4v) is 9.24. The van der Waals surface area contributed by atoms with Crippen LogP contribution in [0.2, 0.25) is 0 Å². The molecule has 1 aromatic rings. The third kappa shape index (κ3) is 3.33. The minimum Gasteiger partial charge on any atom is -0.501 e. The quantitative estimate of drug-likeness (QED) is 0.440. The van der Waals surface area contributed by atoms with Gasteiger partial charge in [0.15, 0.2) is 0 Å². The predicted molar refractivity (Wildman–Crippen MR) is 134 cm³/mol. The van der Waals surface area contributed by atoms with Crippen molar-refractivity contribution >= 4 is 9.84 Å². The van der Waals surface area contributed by atoms with Gasteiger partial charge < -0.3 is 4.74 Å². The van der Waals surface area contributed by atoms with E-state index >= 15 is 0 Å². The molecule has 0 aliphatic heterocycles. The van der Waals surface area contributed by atoms with Gasteiger partial charge in [-0.05, 0) is 103 Å². The van der Waals surface area contributed by atoms with E-state index in [1.54, 1.807) is 19.2 Å². The van der Waals surface area contributed by atoms with Gasteiger partial charge in [-0.1, -0.05) is 37.6 Å². The van der Waals surface area contributed by atoms with Crippen molar-refractivity contribution in [1.82, 2.24) is 0 Å². The fourth-order valence-electron chi connectivity index (χ4n) is 7.74. The molecule has 0 aromatic heterocycles. The molecule has 5 atom stereocenters. The predicted octanol–water partition coefficient (Wildman–Crippen LogP) is 7.00. The van der Waals surface area contributed by atoms with E-state index in [1.807, 2.05) is 19.1 Å². The van der Waals surface area contributed by atoms with Gasteiger partial charge in [-0.3, -0.25) is 0 Å². The van der Waals surface area contributed by atoms with Crippen LogP contribution in [0, 0.1) is 42.1 Å². The van der Waals surface area contributed by atoms with Gasteiger partial charge in [-0.2, -0.15) is 0 Å². The summed E-state index contributed by atoms with van der Waals surface area (Å²) in [6.45, 7) is 14.5. The molecule has 180 valence electrons. The number of sulfone groups is 1. The van der Waals surface area contributed by atoms with E-state index in [4.69, 9.17) is 11.3 Å². The zero-order chi connectivity index (χ0) is 24.3. The van der Waals surface area contributed by atoms with Crippen molar-refractivity contribution < 1.29 is 13.2 Å². The molecule has 0 spiro atoms. The van der Waals surface area contributed by atoms with Gasteiger partial charge in [-0.15, -0.1) is 0 Å². The lowest BCUT2D eigenvalue weighted by molar-refractivity contribution is -0.00837. The largest absolute Gasteiger partial charge is 0.501 e. The van der Waals surface area contributed by atoms with Crippen molar-refractivity contribution in [3.8, 4) is 0 Å². The second-order valence-corrected chi connectivity index (χ2v) is 13.1. The molecule has 0 radical (unpaired) electrons. The van der Waals surface area contributed by atoms with Crippen molar-refractivity contribution in [2.75, 3.05) is 7.11 Å². The number of nitrogens with zero attached hydrogens (tertiary/aromatic N) is 1. The second kappa shape index (κ2) is 8.12. The lowest BCUT2D eigenvalue weighted by atomic mass is 9.48. The lowest BCUT2D eigenvalue weighted by Crippen LogP contribution is -2.48. The summed E-state index contributed by atoms with van der Waals surface area (Å²) < 4.78 is 32.7. The van der Waals surface area contributed by atoms with Crippen molar-refractivity contribution in [3.63, 3.8) is 0 Å². The Labute approximate surface area is 204 Å². The first kappa shape index (κ1) is 23.4. The monoisotopic (exact) mass is 477 g/mol. The smallest absolute Gasteiger partial charge is 0.282 e. The molecule has 0 N–H and O–H groups in total. The van der Waals surface area contributed by atoms with E-state index in [0.717, 1.165) is 55.4 Å². The zero-order valence-electron chi connectivity index (χ0n) is 20.7. The maximum Gasteiger partial charge on any atom is 0.282 e. The van der Waals surface area contributed by atoms with Crippen LogP contribution in [0.3, 0.4) is 0 Å². The number of fused-ring (bicyclic) bond motifs is 5. The highest BCUT2D eigenvalue weighted by Crippen LogP contribution is 2.66. The molecule has 0 saturated heterocycles. The molecule has 1 aromatic carbocycles. The molecule has 5 heteroatoms. The molecule has 0 heterocycles. The van der Waals surface area contributed by atoms with Crippen molar-refractivity contribution in [2.45, 2.75) is 70.6 Å². The van der Waals surface area contributed by atoms with Gasteiger partial charge in [0.05, 0.1) is 24.3 Å². The van der Waals surface area contributed by atoms with Crippen LogP contribution in [0.1, 0.15) is 64.4 Å². The standard InChI is InChI=1S/C29H35NO3S/c1-19-6-9-22(10-7-19)34(31,32)27(30-4)26-13-12-24-23-11-8-20-18-21(33-5)14-16-28(20,2)25(23)15-17-29(24,26)3/h6-10,18,23-25H,11-17H2,1-3,5H3/b27-26+/t23-,24-,25-,28-,29-/m0/s1. The first-order valence-corrected chi connectivity index (χ1v) is 14.0. The third-order valence-corrected chi connectivity index (χ3v) is 11.5. The third-order valence-electron chi connectivity index (χ3n) is 9.72. The number of aryl methyl sites for hydroxylation is 1. The Kier molecular flexibility index (Phi) is 5.60. The summed E-state index contributed by atoms with van der Waals surface area (Å²) in [5.74, 6) is 2.65. The van der Waals surface area contributed by atoms with Gasteiger partial charge in [0.25, 0.3) is 5.03 Å². The molecular weight excluding hydrogens is 442 g/mol. The molecule has 5 rings (SSSR count). The van der Waals surface area contributed by atoms with Gasteiger partial charge >= 0.3 is 0 Å². The summed E-state index contributed by atoms with van der Waals surface area (Å²) in [4.78, 5) is 3.92. The Morgan fingerprint density at radius 2 is 1.76 bits per heavy atom. The van der Waals surface area contributed by atoms with Crippen LogP contribution in [0.15, 0.2) is 63.2 Å². The number of methoxy groups -OCH3 is 1. The normalized spacial score (nSPS) is 36.3. The minimum absolute atomic E-state index is 0.0107. The molecule has 34 heavy (non-hydrogen) atoms. The van der Waals surface area contributed by atoms with Crippen LogP contribution in [0.4, 0.5) is 0 Å². The highest BCUT2D eigenvalue weighted by atomic mass is 32.2. The molecule has 0 bridgehead atoms. The lowest BCUT2D eigenvalue weighted by Gasteiger charge is -2.56. The van der Waals surface area contributed by atoms with Gasteiger partial charge in [-0.25, -0.2) is 13.3 Å². The summed E-state index contributed by atoms with van der Waals surface area (Å²) in [7, 11) is -2.05. The second-order valence-electron chi connectivity index (χ2n) is 11.2. The Bertz CT molecular complexity index is 1250. The highest BCUT2D eigenvalue weighted by Gasteiger charge is 2.57. The van der Waals surface area contributed by atoms with E-state index in [-0.39, 0.29) is 20.8 Å². The number of benzene rings is 1.